The van der Waals surface area contributed by atoms with Gasteiger partial charge in [-0.05, 0) is 37.1 Å². The number of carbonyl (C=O) groups is 3. The first-order chi connectivity index (χ1) is 17.7. The highest BCUT2D eigenvalue weighted by Gasteiger charge is 2.49. The van der Waals surface area contributed by atoms with Crippen LogP contribution in [0.25, 0.3) is 0 Å². The number of Topliss-reactive ketones (excluding diaryl/α,β-unsaturated/α-hetero) is 1. The van der Waals surface area contributed by atoms with Crippen LogP contribution in [-0.4, -0.2) is 41.0 Å². The van der Waals surface area contributed by atoms with Crippen molar-refractivity contribution in [3.8, 4) is 0 Å². The summed E-state index contributed by atoms with van der Waals surface area (Å²) in [6.45, 7) is 3.80. The Bertz CT molecular complexity index is 1340. The van der Waals surface area contributed by atoms with E-state index >= 15 is 0 Å². The second-order valence-corrected chi connectivity index (χ2v) is 9.58. The van der Waals surface area contributed by atoms with Crippen molar-refractivity contribution < 1.29 is 19.1 Å². The van der Waals surface area contributed by atoms with Gasteiger partial charge in [-0.25, -0.2) is 4.79 Å². The van der Waals surface area contributed by atoms with Gasteiger partial charge in [-0.1, -0.05) is 65.7 Å². The van der Waals surface area contributed by atoms with Crippen molar-refractivity contribution in [2.75, 3.05) is 11.9 Å². The van der Waals surface area contributed by atoms with Crippen LogP contribution in [0.1, 0.15) is 41.8 Å². The lowest BCUT2D eigenvalue weighted by molar-refractivity contribution is -0.144. The van der Waals surface area contributed by atoms with Gasteiger partial charge in [-0.3, -0.25) is 19.6 Å². The Morgan fingerprint density at radius 3 is 2.32 bits per heavy atom. The summed E-state index contributed by atoms with van der Waals surface area (Å²) in [7, 11) is 0. The molecule has 9 heteroatoms. The molecule has 1 aliphatic carbocycles. The highest BCUT2D eigenvalue weighted by Crippen LogP contribution is 2.38. The van der Waals surface area contributed by atoms with Crippen LogP contribution in [0.5, 0.6) is 0 Å². The molecule has 1 saturated carbocycles. The lowest BCUT2D eigenvalue weighted by Crippen LogP contribution is -2.53. The fraction of sp³-hybridized carbons (Fsp3) is 0.250. The van der Waals surface area contributed by atoms with E-state index in [9.17, 15) is 14.4 Å². The Morgan fingerprint density at radius 2 is 1.73 bits per heavy atom. The number of nitrogens with zero attached hydrogens (tertiary/aromatic N) is 2. The second-order valence-electron chi connectivity index (χ2n) is 8.77. The van der Waals surface area contributed by atoms with E-state index in [4.69, 9.17) is 32.9 Å². The molecule has 1 aliphatic rings. The van der Waals surface area contributed by atoms with Crippen LogP contribution in [0.3, 0.4) is 0 Å². The fourth-order valence-electron chi connectivity index (χ4n) is 4.21. The summed E-state index contributed by atoms with van der Waals surface area (Å²) in [5, 5.41) is 3.05. The highest BCUT2D eigenvalue weighted by molar-refractivity contribution is 6.40. The van der Waals surface area contributed by atoms with Gasteiger partial charge in [0.15, 0.2) is 11.8 Å². The summed E-state index contributed by atoms with van der Waals surface area (Å²) in [4.78, 5) is 46.6. The maximum atomic E-state index is 12.8. The molecule has 2 aromatic carbocycles. The van der Waals surface area contributed by atoms with Crippen molar-refractivity contribution in [3.63, 3.8) is 0 Å². The molecule has 0 saturated heterocycles. The van der Waals surface area contributed by atoms with Gasteiger partial charge in [0.2, 0.25) is 0 Å². The quantitative estimate of drug-likeness (QED) is 0.383. The number of nitrogens with one attached hydrogen (secondary N) is 1. The maximum absolute atomic E-state index is 12.8. The van der Waals surface area contributed by atoms with Crippen molar-refractivity contribution in [1.82, 2.24) is 4.98 Å². The fourth-order valence-corrected chi connectivity index (χ4v) is 4.75. The van der Waals surface area contributed by atoms with E-state index in [0.717, 1.165) is 11.1 Å². The van der Waals surface area contributed by atoms with Gasteiger partial charge in [-0.15, -0.1) is 0 Å². The molecule has 1 amide bonds. The second kappa shape index (κ2) is 11.2. The number of ether oxygens (including phenoxy) is 1. The third-order valence-corrected chi connectivity index (χ3v) is 6.98. The highest BCUT2D eigenvalue weighted by atomic mass is 35.5. The minimum absolute atomic E-state index is 0.0644. The number of pyridine rings is 1. The lowest BCUT2D eigenvalue weighted by Gasteiger charge is -2.39. The third-order valence-electron chi connectivity index (χ3n) is 6.41. The average molecular weight is 538 g/mol. The Hall–Kier alpha value is -3.55. The SMILES string of the molecule is CCOC(=O)[C@H](Cc1ccc(NC(=O)c2c(Cl)cncc2Cl)cc1)N=C1CC(=O)C1(C)c1ccccc1. The van der Waals surface area contributed by atoms with Crippen LogP contribution in [0.2, 0.25) is 10.0 Å². The van der Waals surface area contributed by atoms with Gasteiger partial charge in [0.25, 0.3) is 5.91 Å². The molecule has 7 nitrogen and oxygen atoms in total. The molecule has 1 unspecified atom stereocenters. The molecule has 37 heavy (non-hydrogen) atoms. The number of halogens is 2. The molecule has 0 aliphatic heterocycles. The molecule has 0 bridgehead atoms. The smallest absolute Gasteiger partial charge is 0.331 e. The first kappa shape index (κ1) is 26.5. The van der Waals surface area contributed by atoms with Gasteiger partial charge in [-0.2, -0.15) is 0 Å². The molecule has 1 heterocycles. The number of rotatable bonds is 8. The first-order valence-electron chi connectivity index (χ1n) is 11.8. The van der Waals surface area contributed by atoms with Gasteiger partial charge < -0.3 is 10.1 Å². The third kappa shape index (κ3) is 5.58. The minimum atomic E-state index is -0.852. The molecule has 1 N–H and O–H groups in total. The Kier molecular flexibility index (Phi) is 8.05. The summed E-state index contributed by atoms with van der Waals surface area (Å²) < 4.78 is 5.28. The van der Waals surface area contributed by atoms with Gasteiger partial charge in [0, 0.05) is 36.6 Å². The zero-order valence-electron chi connectivity index (χ0n) is 20.3. The summed E-state index contributed by atoms with van der Waals surface area (Å²) in [6.07, 6.45) is 3.17. The van der Waals surface area contributed by atoms with E-state index in [1.54, 1.807) is 31.2 Å². The molecule has 1 fully saturated rings. The molecule has 4 rings (SSSR count). The number of aromatic nitrogens is 1. The summed E-state index contributed by atoms with van der Waals surface area (Å²) in [5.41, 5.74) is 2.14. The maximum Gasteiger partial charge on any atom is 0.331 e. The van der Waals surface area contributed by atoms with Crippen LogP contribution >= 0.6 is 23.2 Å². The number of amides is 1. The number of hydrogen-bond acceptors (Lipinski definition) is 6. The molecular weight excluding hydrogens is 513 g/mol. The van der Waals surface area contributed by atoms with Crippen LogP contribution in [0.4, 0.5) is 5.69 Å². The summed E-state index contributed by atoms with van der Waals surface area (Å²) >= 11 is 12.1. The zero-order chi connectivity index (χ0) is 26.6. The topological polar surface area (TPSA) is 97.7 Å². The van der Waals surface area contributed by atoms with Crippen molar-refractivity contribution >= 4 is 52.3 Å². The van der Waals surface area contributed by atoms with Crippen LogP contribution in [0.15, 0.2) is 72.0 Å². The Morgan fingerprint density at radius 1 is 1.08 bits per heavy atom. The molecule has 0 radical (unpaired) electrons. The van der Waals surface area contributed by atoms with Crippen LogP contribution < -0.4 is 5.32 Å². The Balaban J connectivity index is 1.53. The van der Waals surface area contributed by atoms with Crippen LogP contribution in [-0.2, 0) is 26.2 Å². The van der Waals surface area contributed by atoms with Crippen LogP contribution in [0, 0.1) is 0 Å². The number of carbonyl (C=O) groups excluding carboxylic acids is 3. The Labute approximate surface area is 224 Å². The monoisotopic (exact) mass is 537 g/mol. The number of aliphatic imine (C=N–C) groups is 1. The first-order valence-corrected chi connectivity index (χ1v) is 12.5. The van der Waals surface area contributed by atoms with E-state index in [0.29, 0.717) is 11.4 Å². The minimum Gasteiger partial charge on any atom is -0.464 e. The number of hydrogen-bond donors (Lipinski definition) is 1. The summed E-state index contributed by atoms with van der Waals surface area (Å²) in [6, 6.07) is 15.6. The van der Waals surface area contributed by atoms with E-state index in [1.807, 2.05) is 37.3 Å². The van der Waals surface area contributed by atoms with E-state index in [-0.39, 0.29) is 40.8 Å². The molecule has 3 aromatic rings. The van der Waals surface area contributed by atoms with Gasteiger partial charge >= 0.3 is 5.97 Å². The molecule has 0 spiro atoms. The van der Waals surface area contributed by atoms with Crippen molar-refractivity contribution in [2.24, 2.45) is 4.99 Å². The molecule has 2 atom stereocenters. The summed E-state index contributed by atoms with van der Waals surface area (Å²) in [5.74, 6) is -0.852. The van der Waals surface area contributed by atoms with Crippen molar-refractivity contribution in [1.29, 1.82) is 0 Å². The average Bonchev–Trinajstić information content (AvgIpc) is 2.89. The number of benzene rings is 2. The zero-order valence-corrected chi connectivity index (χ0v) is 21.8. The predicted molar refractivity (Wildman–Crippen MR) is 144 cm³/mol. The standard InChI is InChI=1S/C28H25Cl2N3O4/c1-3-37-27(36)22(33-23-14-24(34)28(23,2)18-7-5-4-6-8-18)13-17-9-11-19(12-10-17)32-26(35)25-20(29)15-31-16-21(25)30/h4-12,15-16,22H,3,13-14H2,1-2H3,(H,32,35)/t22-,28?/m0/s1. The molecular formula is C28H25Cl2N3O4. The normalized spacial score (nSPS) is 18.7. The number of anilines is 1. The van der Waals surface area contributed by atoms with Gasteiger partial charge in [0.1, 0.15) is 0 Å². The lowest BCUT2D eigenvalue weighted by atomic mass is 9.63. The van der Waals surface area contributed by atoms with E-state index < -0.39 is 23.3 Å². The molecule has 190 valence electrons. The van der Waals surface area contributed by atoms with Crippen molar-refractivity contribution in [3.05, 3.63) is 93.7 Å². The number of ketones is 1. The predicted octanol–water partition coefficient (Wildman–Crippen LogP) is 5.49. The van der Waals surface area contributed by atoms with E-state index in [2.05, 4.69) is 10.3 Å². The van der Waals surface area contributed by atoms with E-state index in [1.165, 1.54) is 12.4 Å². The largest absolute Gasteiger partial charge is 0.464 e. The molecule has 1 aromatic heterocycles. The number of esters is 1. The van der Waals surface area contributed by atoms with Gasteiger partial charge in [0.05, 0.1) is 27.6 Å². The van der Waals surface area contributed by atoms with Crippen molar-refractivity contribution in [2.45, 2.75) is 38.1 Å².